The van der Waals surface area contributed by atoms with Crippen molar-refractivity contribution in [3.8, 4) is 6.07 Å². The summed E-state index contributed by atoms with van der Waals surface area (Å²) in [6.45, 7) is 7.84. The number of nitrogens with zero attached hydrogens (tertiary/aromatic N) is 1. The lowest BCUT2D eigenvalue weighted by Gasteiger charge is -2.13. The molecule has 0 aromatic carbocycles. The summed E-state index contributed by atoms with van der Waals surface area (Å²) in [5, 5.41) is 8.38. The first-order chi connectivity index (χ1) is 6.65. The molecule has 0 aromatic rings. The number of carbonyl (C=O) groups excluding carboxylic acids is 1. The summed E-state index contributed by atoms with van der Waals surface area (Å²) in [6.07, 6.45) is 3.11. The van der Waals surface area contributed by atoms with E-state index in [0.717, 1.165) is 19.3 Å². The van der Waals surface area contributed by atoms with E-state index < -0.39 is 5.97 Å². The minimum Gasteiger partial charge on any atom is -0.461 e. The third-order valence-electron chi connectivity index (χ3n) is 2.11. The Morgan fingerprint density at radius 2 is 2.21 bits per heavy atom. The lowest BCUT2D eigenvalue weighted by molar-refractivity contribution is -0.139. The van der Waals surface area contributed by atoms with Gasteiger partial charge in [-0.1, -0.05) is 33.3 Å². The number of hydrogen-bond acceptors (Lipinski definition) is 3. The van der Waals surface area contributed by atoms with E-state index in [4.69, 9.17) is 10.00 Å². The number of carbonyl (C=O) groups is 1. The predicted molar refractivity (Wildman–Crippen MR) is 54.4 cm³/mol. The van der Waals surface area contributed by atoms with E-state index in [0.29, 0.717) is 12.5 Å². The van der Waals surface area contributed by atoms with Crippen molar-refractivity contribution in [3.63, 3.8) is 0 Å². The van der Waals surface area contributed by atoms with E-state index >= 15 is 0 Å². The Labute approximate surface area is 85.4 Å². The Kier molecular flexibility index (Phi) is 6.47. The van der Waals surface area contributed by atoms with E-state index in [2.05, 4.69) is 20.4 Å². The van der Waals surface area contributed by atoms with Crippen LogP contribution in [-0.4, -0.2) is 12.6 Å². The fourth-order valence-corrected chi connectivity index (χ4v) is 1.14. The van der Waals surface area contributed by atoms with E-state index in [1.54, 1.807) is 6.07 Å². The number of rotatable bonds is 6. The van der Waals surface area contributed by atoms with Gasteiger partial charge in [0.2, 0.25) is 0 Å². The molecule has 0 aromatic heterocycles. The molecule has 0 N–H and O–H groups in total. The number of nitriles is 1. The van der Waals surface area contributed by atoms with Gasteiger partial charge in [0.1, 0.15) is 11.6 Å². The van der Waals surface area contributed by atoms with E-state index in [-0.39, 0.29) is 5.57 Å². The summed E-state index contributed by atoms with van der Waals surface area (Å²) >= 11 is 0. The van der Waals surface area contributed by atoms with Crippen LogP contribution in [0, 0.1) is 17.2 Å². The SMILES string of the molecule is C=C(C#N)C(=O)OCC(CC)CCC. The highest BCUT2D eigenvalue weighted by molar-refractivity contribution is 5.91. The fraction of sp³-hybridized carbons (Fsp3) is 0.636. The highest BCUT2D eigenvalue weighted by Gasteiger charge is 2.11. The molecule has 1 atom stereocenters. The summed E-state index contributed by atoms with van der Waals surface area (Å²) in [6, 6.07) is 1.67. The summed E-state index contributed by atoms with van der Waals surface area (Å²) in [5.74, 6) is -0.197. The molecule has 0 bridgehead atoms. The van der Waals surface area contributed by atoms with Crippen LogP contribution in [0.4, 0.5) is 0 Å². The Balaban J connectivity index is 3.86. The highest BCUT2D eigenvalue weighted by atomic mass is 16.5. The van der Waals surface area contributed by atoms with Crippen molar-refractivity contribution >= 4 is 5.97 Å². The van der Waals surface area contributed by atoms with Crippen LogP contribution in [0.1, 0.15) is 33.1 Å². The van der Waals surface area contributed by atoms with Gasteiger partial charge in [-0.25, -0.2) is 4.79 Å². The van der Waals surface area contributed by atoms with Gasteiger partial charge in [0, 0.05) is 0 Å². The van der Waals surface area contributed by atoms with Crippen LogP contribution in [0.15, 0.2) is 12.2 Å². The third-order valence-corrected chi connectivity index (χ3v) is 2.11. The van der Waals surface area contributed by atoms with Crippen LogP contribution in [0.25, 0.3) is 0 Å². The molecule has 0 amide bonds. The Morgan fingerprint density at radius 3 is 2.64 bits per heavy atom. The van der Waals surface area contributed by atoms with Gasteiger partial charge in [0.05, 0.1) is 6.61 Å². The minimum absolute atomic E-state index is 0.128. The first-order valence-electron chi connectivity index (χ1n) is 4.91. The molecule has 0 fully saturated rings. The van der Waals surface area contributed by atoms with Gasteiger partial charge in [-0.15, -0.1) is 0 Å². The van der Waals surface area contributed by atoms with Crippen molar-refractivity contribution < 1.29 is 9.53 Å². The maximum Gasteiger partial charge on any atom is 0.348 e. The molecule has 78 valence electrons. The van der Waals surface area contributed by atoms with E-state index in [1.807, 2.05) is 0 Å². The fourth-order valence-electron chi connectivity index (χ4n) is 1.14. The molecule has 0 spiro atoms. The molecule has 0 aliphatic carbocycles. The molecule has 0 rings (SSSR count). The number of esters is 1. The molecule has 0 radical (unpaired) electrons. The van der Waals surface area contributed by atoms with Crippen LogP contribution in [0.2, 0.25) is 0 Å². The second-order valence-corrected chi connectivity index (χ2v) is 3.25. The average Bonchev–Trinajstić information content (AvgIpc) is 2.22. The highest BCUT2D eigenvalue weighted by Crippen LogP contribution is 2.11. The third kappa shape index (κ3) is 4.66. The zero-order valence-corrected chi connectivity index (χ0v) is 8.88. The van der Waals surface area contributed by atoms with Crippen molar-refractivity contribution in [2.75, 3.05) is 6.61 Å². The standard InChI is InChI=1S/C11H17NO2/c1-4-6-10(5-2)8-14-11(13)9(3)7-12/h10H,3-6,8H2,1-2H3. The maximum atomic E-state index is 11.1. The zero-order valence-electron chi connectivity index (χ0n) is 8.88. The second-order valence-electron chi connectivity index (χ2n) is 3.25. The van der Waals surface area contributed by atoms with Crippen molar-refractivity contribution in [2.24, 2.45) is 5.92 Å². The maximum absolute atomic E-state index is 11.1. The summed E-state index contributed by atoms with van der Waals surface area (Å²) in [4.78, 5) is 11.1. The predicted octanol–water partition coefficient (Wildman–Crippen LogP) is 2.44. The number of ether oxygens (including phenoxy) is 1. The lowest BCUT2D eigenvalue weighted by atomic mass is 10.0. The van der Waals surface area contributed by atoms with Crippen molar-refractivity contribution in [2.45, 2.75) is 33.1 Å². The van der Waals surface area contributed by atoms with Crippen molar-refractivity contribution in [1.82, 2.24) is 0 Å². The summed E-state index contributed by atoms with van der Waals surface area (Å²) in [5.41, 5.74) is -0.128. The van der Waals surface area contributed by atoms with Gasteiger partial charge in [-0.3, -0.25) is 0 Å². The molecule has 0 saturated heterocycles. The quantitative estimate of drug-likeness (QED) is 0.371. The topological polar surface area (TPSA) is 50.1 Å². The largest absolute Gasteiger partial charge is 0.461 e. The molecule has 0 heterocycles. The van der Waals surface area contributed by atoms with Crippen LogP contribution >= 0.6 is 0 Å². The first kappa shape index (κ1) is 12.7. The van der Waals surface area contributed by atoms with Crippen molar-refractivity contribution in [3.05, 3.63) is 12.2 Å². The molecular formula is C11H17NO2. The molecule has 14 heavy (non-hydrogen) atoms. The van der Waals surface area contributed by atoms with Crippen molar-refractivity contribution in [1.29, 1.82) is 5.26 Å². The van der Waals surface area contributed by atoms with Gasteiger partial charge in [-0.05, 0) is 12.3 Å². The first-order valence-corrected chi connectivity index (χ1v) is 4.91. The Morgan fingerprint density at radius 1 is 1.57 bits per heavy atom. The molecule has 3 nitrogen and oxygen atoms in total. The molecular weight excluding hydrogens is 178 g/mol. The molecule has 3 heteroatoms. The van der Waals surface area contributed by atoms with Gasteiger partial charge in [0.25, 0.3) is 0 Å². The molecule has 0 aliphatic rings. The molecule has 0 aliphatic heterocycles. The van der Waals surface area contributed by atoms with Gasteiger partial charge in [0.15, 0.2) is 0 Å². The zero-order chi connectivity index (χ0) is 11.0. The van der Waals surface area contributed by atoms with Gasteiger partial charge >= 0.3 is 5.97 Å². The summed E-state index contributed by atoms with van der Waals surface area (Å²) in [7, 11) is 0. The van der Waals surface area contributed by atoms with Crippen LogP contribution in [-0.2, 0) is 9.53 Å². The van der Waals surface area contributed by atoms with E-state index in [1.165, 1.54) is 0 Å². The molecule has 0 saturated carbocycles. The monoisotopic (exact) mass is 195 g/mol. The smallest absolute Gasteiger partial charge is 0.348 e. The van der Waals surface area contributed by atoms with Gasteiger partial charge < -0.3 is 4.74 Å². The average molecular weight is 195 g/mol. The second kappa shape index (κ2) is 7.14. The van der Waals surface area contributed by atoms with Crippen LogP contribution in [0.5, 0.6) is 0 Å². The van der Waals surface area contributed by atoms with E-state index in [9.17, 15) is 4.79 Å². The molecule has 1 unspecified atom stereocenters. The normalized spacial score (nSPS) is 11.5. The minimum atomic E-state index is -0.595. The van der Waals surface area contributed by atoms with Crippen LogP contribution < -0.4 is 0 Å². The van der Waals surface area contributed by atoms with Crippen LogP contribution in [0.3, 0.4) is 0 Å². The lowest BCUT2D eigenvalue weighted by Crippen LogP contribution is -2.14. The summed E-state index contributed by atoms with van der Waals surface area (Å²) < 4.78 is 4.94. The number of hydrogen-bond donors (Lipinski definition) is 0. The Bertz CT molecular complexity index is 240. The Hall–Kier alpha value is -1.30. The van der Waals surface area contributed by atoms with Gasteiger partial charge in [-0.2, -0.15) is 5.26 Å².